The molecule has 2 rings (SSSR count). The van der Waals surface area contributed by atoms with Crippen LogP contribution < -0.4 is 0 Å². The van der Waals surface area contributed by atoms with Crippen LogP contribution in [0, 0.1) is 0 Å². The van der Waals surface area contributed by atoms with Gasteiger partial charge in [0.05, 0.1) is 20.8 Å². The van der Waals surface area contributed by atoms with Crippen LogP contribution in [-0.4, -0.2) is 25.3 Å². The van der Waals surface area contributed by atoms with Crippen molar-refractivity contribution in [1.82, 2.24) is 0 Å². The van der Waals surface area contributed by atoms with Crippen LogP contribution in [0.3, 0.4) is 0 Å². The van der Waals surface area contributed by atoms with Crippen LogP contribution in [0.25, 0.3) is 0 Å². The lowest BCUT2D eigenvalue weighted by Gasteiger charge is -2.38. The van der Waals surface area contributed by atoms with Gasteiger partial charge in [-0.2, -0.15) is 11.8 Å². The molecule has 0 amide bonds. The van der Waals surface area contributed by atoms with Crippen LogP contribution in [0.4, 0.5) is 0 Å². The van der Waals surface area contributed by atoms with Gasteiger partial charge in [-0.15, -0.1) is 0 Å². The standard InChI is InChI=1S/C13H20OSSi/c1-16(2,3)13-12(14-9-10-15-13)11-7-5-4-6-8-11/h4-8,12-13H,9-10H2,1-3H3/t12-,13-/m0/s1. The SMILES string of the molecule is C[Si](C)(C)[C@@H]1SCCO[C@H]1c1ccccc1. The average molecular weight is 252 g/mol. The van der Waals surface area contributed by atoms with Gasteiger partial charge in [0, 0.05) is 10.6 Å². The number of rotatable bonds is 2. The Morgan fingerprint density at radius 1 is 1.19 bits per heavy atom. The third-order valence-corrected chi connectivity index (χ3v) is 8.57. The van der Waals surface area contributed by atoms with Gasteiger partial charge < -0.3 is 4.74 Å². The Bertz CT molecular complexity index is 334. The molecule has 0 saturated carbocycles. The maximum Gasteiger partial charge on any atom is 0.0918 e. The molecular weight excluding hydrogens is 232 g/mol. The largest absolute Gasteiger partial charge is 0.372 e. The molecule has 88 valence electrons. The van der Waals surface area contributed by atoms with Crippen molar-refractivity contribution in [3.05, 3.63) is 35.9 Å². The summed E-state index contributed by atoms with van der Waals surface area (Å²) in [7, 11) is -1.16. The predicted molar refractivity (Wildman–Crippen MR) is 74.7 cm³/mol. The first-order valence-corrected chi connectivity index (χ1v) is 10.5. The number of ether oxygens (including phenoxy) is 1. The van der Waals surface area contributed by atoms with Gasteiger partial charge in [0.15, 0.2) is 0 Å². The Kier molecular flexibility index (Phi) is 3.77. The van der Waals surface area contributed by atoms with Gasteiger partial charge in [0.2, 0.25) is 0 Å². The minimum atomic E-state index is -1.16. The lowest BCUT2D eigenvalue weighted by molar-refractivity contribution is 0.0670. The van der Waals surface area contributed by atoms with Gasteiger partial charge in [-0.25, -0.2) is 0 Å². The van der Waals surface area contributed by atoms with Crippen LogP contribution in [0.15, 0.2) is 30.3 Å². The van der Waals surface area contributed by atoms with Crippen molar-refractivity contribution in [2.45, 2.75) is 30.6 Å². The molecular formula is C13H20OSSi. The van der Waals surface area contributed by atoms with E-state index in [4.69, 9.17) is 4.74 Å². The minimum absolute atomic E-state index is 0.312. The molecule has 0 radical (unpaired) electrons. The van der Waals surface area contributed by atoms with Crippen LogP contribution >= 0.6 is 11.8 Å². The van der Waals surface area contributed by atoms with E-state index in [1.54, 1.807) is 0 Å². The molecule has 0 spiro atoms. The minimum Gasteiger partial charge on any atom is -0.372 e. The zero-order valence-electron chi connectivity index (χ0n) is 10.3. The van der Waals surface area contributed by atoms with E-state index in [2.05, 4.69) is 61.7 Å². The number of hydrogen-bond acceptors (Lipinski definition) is 2. The molecule has 2 atom stereocenters. The Morgan fingerprint density at radius 3 is 2.50 bits per heavy atom. The summed E-state index contributed by atoms with van der Waals surface area (Å²) in [6, 6.07) is 10.7. The Labute approximate surface area is 104 Å². The van der Waals surface area contributed by atoms with E-state index in [9.17, 15) is 0 Å². The summed E-state index contributed by atoms with van der Waals surface area (Å²) < 4.78 is 6.02. The molecule has 0 aliphatic carbocycles. The van der Waals surface area contributed by atoms with Crippen molar-refractivity contribution in [2.75, 3.05) is 12.4 Å². The summed E-state index contributed by atoms with van der Waals surface area (Å²) in [4.78, 5) is 0.684. The number of thioether (sulfide) groups is 1. The first kappa shape index (κ1) is 12.2. The second-order valence-electron chi connectivity index (χ2n) is 5.36. The molecule has 1 fully saturated rings. The van der Waals surface area contributed by atoms with Gasteiger partial charge in [0.1, 0.15) is 0 Å². The summed E-state index contributed by atoms with van der Waals surface area (Å²) >= 11 is 2.11. The summed E-state index contributed by atoms with van der Waals surface area (Å²) in [6.45, 7) is 8.21. The van der Waals surface area contributed by atoms with Crippen molar-refractivity contribution >= 4 is 19.8 Å². The molecule has 1 aromatic carbocycles. The van der Waals surface area contributed by atoms with Crippen LogP contribution in [-0.2, 0) is 4.74 Å². The fourth-order valence-corrected chi connectivity index (χ4v) is 6.55. The first-order chi connectivity index (χ1) is 7.59. The smallest absolute Gasteiger partial charge is 0.0918 e. The van der Waals surface area contributed by atoms with Crippen molar-refractivity contribution < 1.29 is 4.74 Å². The van der Waals surface area contributed by atoms with E-state index in [1.165, 1.54) is 5.56 Å². The van der Waals surface area contributed by atoms with Crippen LogP contribution in [0.2, 0.25) is 19.6 Å². The zero-order chi connectivity index (χ0) is 11.6. The molecule has 3 heteroatoms. The van der Waals surface area contributed by atoms with Crippen molar-refractivity contribution in [2.24, 2.45) is 0 Å². The second kappa shape index (κ2) is 4.94. The summed E-state index contributed by atoms with van der Waals surface area (Å²) in [6.07, 6.45) is 0.312. The van der Waals surface area contributed by atoms with E-state index in [-0.39, 0.29) is 0 Å². The predicted octanol–water partition coefficient (Wildman–Crippen LogP) is 3.74. The van der Waals surface area contributed by atoms with Crippen molar-refractivity contribution in [1.29, 1.82) is 0 Å². The van der Waals surface area contributed by atoms with Crippen molar-refractivity contribution in [3.8, 4) is 0 Å². The fraction of sp³-hybridized carbons (Fsp3) is 0.538. The maximum absolute atomic E-state index is 6.02. The molecule has 1 heterocycles. The fourth-order valence-electron chi connectivity index (χ4n) is 2.14. The summed E-state index contributed by atoms with van der Waals surface area (Å²) in [5.74, 6) is 1.15. The number of hydrogen-bond donors (Lipinski definition) is 0. The highest BCUT2D eigenvalue weighted by Gasteiger charge is 2.37. The van der Waals surface area contributed by atoms with Gasteiger partial charge >= 0.3 is 0 Å². The van der Waals surface area contributed by atoms with Crippen molar-refractivity contribution in [3.63, 3.8) is 0 Å². The molecule has 0 aromatic heterocycles. The van der Waals surface area contributed by atoms with E-state index < -0.39 is 8.07 Å². The highest BCUT2D eigenvalue weighted by atomic mass is 32.2. The second-order valence-corrected chi connectivity index (χ2v) is 12.4. The summed E-state index contributed by atoms with van der Waals surface area (Å²) in [5.41, 5.74) is 1.35. The van der Waals surface area contributed by atoms with Gasteiger partial charge in [-0.05, 0) is 5.56 Å². The lowest BCUT2D eigenvalue weighted by Crippen LogP contribution is -2.43. The number of benzene rings is 1. The monoisotopic (exact) mass is 252 g/mol. The van der Waals surface area contributed by atoms with E-state index in [0.717, 1.165) is 12.4 Å². The molecule has 1 saturated heterocycles. The third kappa shape index (κ3) is 2.70. The van der Waals surface area contributed by atoms with E-state index >= 15 is 0 Å². The third-order valence-electron chi connectivity index (χ3n) is 2.93. The normalized spacial score (nSPS) is 26.7. The van der Waals surface area contributed by atoms with Crippen LogP contribution in [0.5, 0.6) is 0 Å². The molecule has 0 N–H and O–H groups in total. The molecule has 1 aliphatic heterocycles. The highest BCUT2D eigenvalue weighted by molar-refractivity contribution is 8.01. The Hall–Kier alpha value is -0.253. The van der Waals surface area contributed by atoms with E-state index in [1.807, 2.05) is 0 Å². The van der Waals surface area contributed by atoms with Gasteiger partial charge in [0.25, 0.3) is 0 Å². The van der Waals surface area contributed by atoms with Gasteiger partial charge in [-0.3, -0.25) is 0 Å². The highest BCUT2D eigenvalue weighted by Crippen LogP contribution is 2.39. The molecule has 1 aliphatic rings. The van der Waals surface area contributed by atoms with Crippen LogP contribution in [0.1, 0.15) is 11.7 Å². The Morgan fingerprint density at radius 2 is 1.88 bits per heavy atom. The molecule has 1 nitrogen and oxygen atoms in total. The zero-order valence-corrected chi connectivity index (χ0v) is 12.1. The maximum atomic E-state index is 6.02. The molecule has 16 heavy (non-hydrogen) atoms. The Balaban J connectivity index is 2.24. The summed E-state index contributed by atoms with van der Waals surface area (Å²) in [5, 5.41) is 0. The molecule has 0 unspecified atom stereocenters. The van der Waals surface area contributed by atoms with E-state index in [0.29, 0.717) is 11.0 Å². The topological polar surface area (TPSA) is 9.23 Å². The lowest BCUT2D eigenvalue weighted by atomic mass is 10.1. The first-order valence-electron chi connectivity index (χ1n) is 5.87. The van der Waals surface area contributed by atoms with Gasteiger partial charge in [-0.1, -0.05) is 50.0 Å². The quantitative estimate of drug-likeness (QED) is 0.742. The molecule has 0 bridgehead atoms. The molecule has 1 aromatic rings. The average Bonchev–Trinajstić information content (AvgIpc) is 2.29.